The van der Waals surface area contributed by atoms with Crippen LogP contribution in [0.4, 0.5) is 4.79 Å². The largest absolute Gasteiger partial charge is 0.481 e. The number of aromatic amines is 2. The fraction of sp³-hybridized carbons (Fsp3) is 0.667. The van der Waals surface area contributed by atoms with Crippen LogP contribution in [0.2, 0.25) is 0 Å². The first-order valence-corrected chi connectivity index (χ1v) is 54.0. The molecule has 0 saturated carbocycles. The molecule has 0 radical (unpaired) electrons. The summed E-state index contributed by atoms with van der Waals surface area (Å²) in [6.07, 6.45) is 2.12. The van der Waals surface area contributed by atoms with Crippen LogP contribution in [0.15, 0.2) is 49.2 Å². The summed E-state index contributed by atoms with van der Waals surface area (Å²) in [7, 11) is 3.90. The molecule has 3 aromatic heterocycles. The van der Waals surface area contributed by atoms with E-state index in [-0.39, 0.29) is 133 Å². The van der Waals surface area contributed by atoms with Crippen molar-refractivity contribution in [3.8, 4) is 0 Å². The van der Waals surface area contributed by atoms with Gasteiger partial charge >= 0.3 is 23.9 Å². The summed E-state index contributed by atoms with van der Waals surface area (Å²) in [5, 5.41) is 82.0. The number of carbonyl (C=O) groups excluding carboxylic acids is 15. The number of hydrogen-bond donors (Lipinski definition) is 20. The number of para-hydroxylation sites is 1. The first-order valence-electron chi connectivity index (χ1n) is 49.0. The Morgan fingerprint density at radius 1 is 0.565 bits per heavy atom. The average molecular weight is 2150 g/mol. The fourth-order valence-corrected chi connectivity index (χ4v) is 19.3. The molecule has 1 aromatic carbocycles. The number of nitrogens with zero attached hydrogens (tertiary/aromatic N) is 4. The summed E-state index contributed by atoms with van der Waals surface area (Å²) in [4.78, 5) is 262. The van der Waals surface area contributed by atoms with Gasteiger partial charge in [-0.2, -0.15) is 0 Å². The number of nitrogens with two attached hydrogens (primary N) is 1. The number of benzene rings is 1. The van der Waals surface area contributed by atoms with Crippen LogP contribution in [0.25, 0.3) is 10.9 Å². The summed E-state index contributed by atoms with van der Waals surface area (Å²) in [6.45, 7) is 15.8. The van der Waals surface area contributed by atoms with Crippen LogP contribution in [-0.2, 0) is 145 Å². The number of aliphatic hydroxyl groups excluding tert-OH is 1. The summed E-state index contributed by atoms with van der Waals surface area (Å²) in [5.74, 6) is -21.3. The molecule has 2 bridgehead atoms. The van der Waals surface area contributed by atoms with Gasteiger partial charge in [0.15, 0.2) is 11.6 Å². The molecule has 2 saturated heterocycles. The van der Waals surface area contributed by atoms with Crippen LogP contribution in [0.5, 0.6) is 0 Å². The molecule has 820 valence electrons. The minimum atomic E-state index is -1.89. The Bertz CT molecular complexity index is 4830. The number of rotatable bonds is 55. The maximum Gasteiger partial charge on any atom is 0.326 e. The number of aliphatic hydroxyl groups is 1. The van der Waals surface area contributed by atoms with Crippen molar-refractivity contribution in [2.45, 2.75) is 249 Å². The number of Topliss-reactive ketones (excluding diaryl/α,β-unsaturated/α-hetero) is 2. The number of ketones is 2. The zero-order valence-electron chi connectivity index (χ0n) is 83.8. The number of aromatic nitrogens is 6. The summed E-state index contributed by atoms with van der Waals surface area (Å²) >= 11 is 0. The lowest BCUT2D eigenvalue weighted by Crippen LogP contribution is -2.61. The number of urea groups is 1. The SMILES string of the molecule is CC[C@H](NC(=O)NCCCCCn1cc(COCCOCCOCCOCCOCCOCCOCCOCCC(=O)N[C@@H](CC(=O)O)C(=O)N[C@H]2CSSC[C@@H](C(=O)N[C@H](C(N)=O)[C@@H](C)O)NC(=O)[C@H](Cc3c[nH]c4ccccc34)NC(=O)[C@@H]3CCSSCCC[C@@H](C(=O)N[C@@H](Cc4c[nH]cn4)C(=O)N[C@@H](CC(C)C)C(=O)CCC(=O)N[C@@H](CCC(=O)O)C(=O)N[C@@H](CC(C)C)C(=O)N3)C(=O)[C@@H](C)NC2=O)nn1)C(=O)O. The van der Waals surface area contributed by atoms with Crippen LogP contribution in [0, 0.1) is 17.8 Å². The number of H-pyrrole nitrogens is 2. The Balaban J connectivity index is 1.12. The molecule has 14 amide bonds. The first-order chi connectivity index (χ1) is 70.4. The highest BCUT2D eigenvalue weighted by molar-refractivity contribution is 8.77. The van der Waals surface area contributed by atoms with E-state index < -0.39 is 241 Å². The molecule has 2 aliphatic rings. The van der Waals surface area contributed by atoms with Gasteiger partial charge < -0.3 is 143 Å². The molecule has 54 heteroatoms. The van der Waals surface area contributed by atoms with Gasteiger partial charge in [-0.05, 0) is 102 Å². The predicted octanol–water partition coefficient (Wildman–Crippen LogP) is -0.531. The lowest BCUT2D eigenvalue weighted by molar-refractivity contribution is -0.141. The quantitative estimate of drug-likeness (QED) is 0.0150. The molecular weight excluding hydrogens is 2010 g/mol. The normalized spacial score (nSPS) is 20.9. The van der Waals surface area contributed by atoms with Crippen LogP contribution in [-0.4, -0.2) is 364 Å². The molecule has 2 fully saturated rings. The van der Waals surface area contributed by atoms with Gasteiger partial charge in [-0.3, -0.25) is 81.4 Å². The molecular formula is C93H144N20O30S4. The summed E-state index contributed by atoms with van der Waals surface area (Å²) in [6, 6.07) is -12.7. The lowest BCUT2D eigenvalue weighted by Gasteiger charge is -2.28. The van der Waals surface area contributed by atoms with Gasteiger partial charge in [0.05, 0.1) is 154 Å². The van der Waals surface area contributed by atoms with Crippen molar-refractivity contribution in [3.05, 3.63) is 66.1 Å². The van der Waals surface area contributed by atoms with Crippen molar-refractivity contribution in [1.82, 2.24) is 99.1 Å². The molecule has 0 aliphatic carbocycles. The van der Waals surface area contributed by atoms with E-state index in [2.05, 4.69) is 94.4 Å². The van der Waals surface area contributed by atoms with Crippen LogP contribution < -0.4 is 74.9 Å². The topological polar surface area (TPSA) is 720 Å². The number of aryl methyl sites for hydroxylation is 1. The minimum Gasteiger partial charge on any atom is -0.481 e. The fourth-order valence-electron chi connectivity index (χ4n) is 14.8. The minimum absolute atomic E-state index is 0.00427. The van der Waals surface area contributed by atoms with Crippen molar-refractivity contribution in [2.75, 3.05) is 129 Å². The molecule has 6 rings (SSSR count). The van der Waals surface area contributed by atoms with Crippen LogP contribution in [0.3, 0.4) is 0 Å². The lowest BCUT2D eigenvalue weighted by atomic mass is 9.92. The third kappa shape index (κ3) is 49.7. The van der Waals surface area contributed by atoms with Gasteiger partial charge in [0, 0.05) is 97.9 Å². The van der Waals surface area contributed by atoms with Crippen molar-refractivity contribution in [1.29, 1.82) is 0 Å². The highest BCUT2D eigenvalue weighted by Crippen LogP contribution is 2.29. The number of nitrogens with one attached hydrogen (secondary N) is 15. The van der Waals surface area contributed by atoms with E-state index in [0.29, 0.717) is 88.1 Å². The number of imidazole rings is 1. The second-order valence-corrected chi connectivity index (χ2v) is 40.8. The second-order valence-electron chi connectivity index (χ2n) is 35.5. The van der Waals surface area contributed by atoms with Gasteiger partial charge in [-0.15, -0.1) is 5.10 Å². The highest BCUT2D eigenvalue weighted by atomic mass is 33.1. The summed E-state index contributed by atoms with van der Waals surface area (Å²) < 4.78 is 46.4. The molecule has 147 heavy (non-hydrogen) atoms. The Morgan fingerprint density at radius 3 is 1.76 bits per heavy atom. The van der Waals surface area contributed by atoms with E-state index >= 15 is 24.0 Å². The number of unbranched alkanes of at least 4 members (excludes halogenated alkanes) is 2. The summed E-state index contributed by atoms with van der Waals surface area (Å²) in [5.41, 5.74) is 7.62. The number of fused-ring (bicyclic) bond motifs is 9. The zero-order valence-corrected chi connectivity index (χ0v) is 87.1. The molecule has 5 heterocycles. The van der Waals surface area contributed by atoms with Crippen molar-refractivity contribution < 1.29 is 145 Å². The van der Waals surface area contributed by atoms with E-state index in [0.717, 1.165) is 47.8 Å². The number of ether oxygens (including phenoxy) is 8. The van der Waals surface area contributed by atoms with Gasteiger partial charge in [0.1, 0.15) is 66.1 Å². The number of carboxylic acids is 3. The molecule has 14 atom stereocenters. The Kier molecular flexibility index (Phi) is 59.2. The number of primary amides is 1. The first kappa shape index (κ1) is 124. The molecule has 0 unspecified atom stereocenters. The van der Waals surface area contributed by atoms with E-state index in [1.807, 2.05) is 0 Å². The standard InChI is InChI=1S/C93H144N20O30S4/c1-8-64(92(133)134)109-93(135)96-24-12-9-13-25-113-50-61(111-112-113)51-143-40-39-142-38-37-141-36-35-140-34-33-139-32-31-138-30-29-137-28-27-136-26-22-77(117)101-72(47-79(120)121)89(130)107-73-52-146-147-53-74(91(132)110-80(58(7)114)82(94)123)108-87(128)70(45-59-48-97-65-17-11-10-15-62(59)65)106-85(126)67-23-42-145-144-41-14-16-63(81(122)57(6)99-90(73)131)83(124)104-71(46-60-49-95-54-98-60)88(129)103-68(43-55(2)3)75(115)19-20-76(116)100-66(18-21-78(118)119)84(125)105-69(44-56(4)5)86(127)102-67/h10-11,15,17,48-50,54-58,63-64,66-74,80,97,114H,8-9,12-14,16,18-47,51-53H2,1-7H3,(H2,94,123)(H,95,98)(H,99,131)(H,100,116)(H,101,117)(H,102,127)(H,103,129)(H,104,124)(H,105,125)(H,106,126)(H,107,130)(H,108,128)(H,110,132)(H,118,119)(H,120,121)(H,133,134)(H2,96,109,135)/t57-,58-,63-,64+,66+,67+,68+,69+,70+,71+,72+,73+,74+,80+/m1/s1. The second kappa shape index (κ2) is 69.9. The van der Waals surface area contributed by atoms with Crippen molar-refractivity contribution in [3.63, 3.8) is 0 Å². The van der Waals surface area contributed by atoms with E-state index in [9.17, 15) is 77.6 Å². The van der Waals surface area contributed by atoms with Gasteiger partial charge in [0.25, 0.3) is 0 Å². The monoisotopic (exact) mass is 2150 g/mol. The van der Waals surface area contributed by atoms with Gasteiger partial charge in [0.2, 0.25) is 70.9 Å². The Hall–Kier alpha value is -11.2. The number of carboxylic acid groups (broad SMARTS) is 3. The Morgan fingerprint density at radius 2 is 1.15 bits per heavy atom. The maximum atomic E-state index is 15.4. The predicted molar refractivity (Wildman–Crippen MR) is 539 cm³/mol. The third-order valence-corrected chi connectivity index (χ3v) is 27.5. The zero-order chi connectivity index (χ0) is 108. The molecule has 2 aliphatic heterocycles. The Labute approximate surface area is 867 Å². The van der Waals surface area contributed by atoms with Gasteiger partial charge in [-0.1, -0.05) is 101 Å². The van der Waals surface area contributed by atoms with E-state index in [4.69, 9.17) is 48.7 Å². The molecule has 21 N–H and O–H groups in total. The molecule has 0 spiro atoms. The number of carbonyl (C=O) groups is 18. The number of aliphatic carboxylic acids is 3. The number of amides is 14. The highest BCUT2D eigenvalue weighted by Gasteiger charge is 2.40. The van der Waals surface area contributed by atoms with Crippen LogP contribution in [0.1, 0.15) is 162 Å². The molecule has 50 nitrogen and oxygen atoms in total. The van der Waals surface area contributed by atoms with E-state index in [1.165, 1.54) is 41.0 Å². The number of hydrogen-bond acceptors (Lipinski definition) is 34. The average Bonchev–Trinajstić information content (AvgIpc) is 1.67. The van der Waals surface area contributed by atoms with Crippen LogP contribution >= 0.6 is 43.2 Å². The smallest absolute Gasteiger partial charge is 0.326 e. The van der Waals surface area contributed by atoms with Crippen molar-refractivity contribution in [2.24, 2.45) is 23.5 Å². The molecule has 4 aromatic rings. The van der Waals surface area contributed by atoms with Gasteiger partial charge in [-0.25, -0.2) is 14.6 Å². The maximum absolute atomic E-state index is 15.4. The van der Waals surface area contributed by atoms with Crippen molar-refractivity contribution >= 4 is 160 Å². The third-order valence-electron chi connectivity index (χ3n) is 22.6. The van der Waals surface area contributed by atoms with E-state index in [1.54, 1.807) is 76.0 Å².